The van der Waals surface area contributed by atoms with E-state index in [4.69, 9.17) is 32.5 Å². The molecule has 0 spiro atoms. The molecule has 0 bridgehead atoms. The van der Waals surface area contributed by atoms with E-state index in [2.05, 4.69) is 20.4 Å². The van der Waals surface area contributed by atoms with Crippen LogP contribution >= 0.6 is 23.2 Å². The first-order valence-corrected chi connectivity index (χ1v) is 11.8. The Kier molecular flexibility index (Phi) is 7.82. The number of rotatable bonds is 7. The van der Waals surface area contributed by atoms with Gasteiger partial charge in [-0.25, -0.2) is 4.79 Å². The van der Waals surface area contributed by atoms with E-state index < -0.39 is 5.97 Å². The van der Waals surface area contributed by atoms with Crippen molar-refractivity contribution in [2.75, 3.05) is 25.0 Å². The highest BCUT2D eigenvalue weighted by Crippen LogP contribution is 2.25. The number of halogens is 2. The summed E-state index contributed by atoms with van der Waals surface area (Å²) in [4.78, 5) is 31.6. The van der Waals surface area contributed by atoms with Crippen molar-refractivity contribution in [1.29, 1.82) is 0 Å². The van der Waals surface area contributed by atoms with Gasteiger partial charge in [-0.1, -0.05) is 28.4 Å². The molecule has 1 saturated heterocycles. The fourth-order valence-electron chi connectivity index (χ4n) is 3.85. The Morgan fingerprint density at radius 2 is 2.00 bits per heavy atom. The van der Waals surface area contributed by atoms with E-state index in [0.717, 1.165) is 24.9 Å². The largest absolute Gasteiger partial charge is 0.462 e. The number of carbonyl (C=O) groups is 2. The van der Waals surface area contributed by atoms with Crippen LogP contribution in [0.3, 0.4) is 0 Å². The lowest BCUT2D eigenvalue weighted by Gasteiger charge is -2.30. The summed E-state index contributed by atoms with van der Waals surface area (Å²) in [5.41, 5.74) is 1.54. The predicted molar refractivity (Wildman–Crippen MR) is 129 cm³/mol. The van der Waals surface area contributed by atoms with Gasteiger partial charge in [-0.15, -0.1) is 0 Å². The maximum Gasteiger partial charge on any atom is 0.339 e. The summed E-state index contributed by atoms with van der Waals surface area (Å²) in [6, 6.07) is 12.0. The Morgan fingerprint density at radius 3 is 2.76 bits per heavy atom. The lowest BCUT2D eigenvalue weighted by Crippen LogP contribution is -2.40. The summed E-state index contributed by atoms with van der Waals surface area (Å²) < 4.78 is 10.4. The van der Waals surface area contributed by atoms with Gasteiger partial charge in [-0.05, 0) is 68.8 Å². The molecule has 8 nitrogen and oxygen atoms in total. The summed E-state index contributed by atoms with van der Waals surface area (Å²) >= 11 is 12.0. The van der Waals surface area contributed by atoms with Gasteiger partial charge < -0.3 is 14.6 Å². The van der Waals surface area contributed by atoms with Crippen LogP contribution in [0.25, 0.3) is 11.4 Å². The number of nitrogens with one attached hydrogen (secondary N) is 1. The minimum Gasteiger partial charge on any atom is -0.462 e. The van der Waals surface area contributed by atoms with Gasteiger partial charge in [0, 0.05) is 22.8 Å². The van der Waals surface area contributed by atoms with Crippen LogP contribution in [0.4, 0.5) is 5.69 Å². The van der Waals surface area contributed by atoms with Crippen molar-refractivity contribution >= 4 is 40.8 Å². The van der Waals surface area contributed by atoms with Crippen molar-refractivity contribution in [1.82, 2.24) is 15.0 Å². The molecule has 1 aliphatic rings. The van der Waals surface area contributed by atoms with Gasteiger partial charge >= 0.3 is 5.97 Å². The number of carbonyl (C=O) groups excluding carboxylic acids is 2. The number of hydrogen-bond donors (Lipinski definition) is 1. The molecule has 0 aliphatic carbocycles. The average Bonchev–Trinajstić information content (AvgIpc) is 3.29. The third kappa shape index (κ3) is 5.94. The third-order valence-corrected chi connectivity index (χ3v) is 6.12. The van der Waals surface area contributed by atoms with Crippen LogP contribution < -0.4 is 5.32 Å². The van der Waals surface area contributed by atoms with Gasteiger partial charge in [0.1, 0.15) is 0 Å². The molecular formula is C24H24Cl2N4O4. The molecule has 1 N–H and O–H groups in total. The number of aromatic nitrogens is 2. The number of nitrogens with zero attached hydrogens (tertiary/aromatic N) is 3. The smallest absolute Gasteiger partial charge is 0.339 e. The second-order valence-electron chi connectivity index (χ2n) is 8.00. The third-order valence-electron chi connectivity index (χ3n) is 5.53. The number of likely N-dealkylation sites (tertiary alicyclic amines) is 1. The molecule has 1 aromatic heterocycles. The Bertz CT molecular complexity index is 1170. The summed E-state index contributed by atoms with van der Waals surface area (Å²) in [5.74, 6) is 0.134. The molecule has 4 rings (SSSR count). The van der Waals surface area contributed by atoms with Crippen LogP contribution in [0.15, 0.2) is 47.0 Å². The Labute approximate surface area is 207 Å². The van der Waals surface area contributed by atoms with Crippen LogP contribution in [0.1, 0.15) is 36.0 Å². The zero-order chi connectivity index (χ0) is 24.1. The topological polar surface area (TPSA) is 97.6 Å². The van der Waals surface area contributed by atoms with E-state index in [1.807, 2.05) is 12.1 Å². The molecule has 0 radical (unpaired) electrons. The average molecular weight is 503 g/mol. The molecule has 1 amide bonds. The molecule has 1 aliphatic heterocycles. The minimum absolute atomic E-state index is 0.116. The second-order valence-corrected chi connectivity index (χ2v) is 8.84. The molecule has 2 aromatic carbocycles. The van der Waals surface area contributed by atoms with Crippen molar-refractivity contribution in [3.8, 4) is 11.4 Å². The molecule has 2 heterocycles. The molecule has 1 atom stereocenters. The van der Waals surface area contributed by atoms with E-state index in [1.54, 1.807) is 31.2 Å². The number of amides is 1. The minimum atomic E-state index is -0.523. The summed E-state index contributed by atoms with van der Waals surface area (Å²) in [6.07, 6.45) is 1.63. The first-order chi connectivity index (χ1) is 16.4. The van der Waals surface area contributed by atoms with E-state index in [0.29, 0.717) is 35.5 Å². The first kappa shape index (κ1) is 24.2. The van der Waals surface area contributed by atoms with Crippen molar-refractivity contribution in [3.05, 3.63) is 64.0 Å². The van der Waals surface area contributed by atoms with Crippen LogP contribution in [-0.2, 0) is 16.1 Å². The van der Waals surface area contributed by atoms with Crippen LogP contribution in [0, 0.1) is 5.92 Å². The molecule has 0 saturated carbocycles. The van der Waals surface area contributed by atoms with E-state index in [1.165, 1.54) is 6.07 Å². The molecule has 34 heavy (non-hydrogen) atoms. The Balaban J connectivity index is 1.37. The highest BCUT2D eigenvalue weighted by molar-refractivity contribution is 6.33. The number of anilines is 1. The summed E-state index contributed by atoms with van der Waals surface area (Å²) in [5, 5.41) is 7.86. The normalized spacial score (nSPS) is 16.3. The maximum absolute atomic E-state index is 12.9. The van der Waals surface area contributed by atoms with Crippen molar-refractivity contribution < 1.29 is 18.8 Å². The lowest BCUT2D eigenvalue weighted by atomic mass is 9.97. The Hall–Kier alpha value is -2.94. The number of hydrogen-bond acceptors (Lipinski definition) is 7. The molecule has 178 valence electrons. The summed E-state index contributed by atoms with van der Waals surface area (Å²) in [7, 11) is 0. The second kappa shape index (κ2) is 11.0. The number of piperidine rings is 1. The standard InChI is InChI=1S/C24H24Cl2N4O4/c1-2-33-24(32)19-12-18(9-10-20(19)26)27-23(31)16-4-3-11-30(13-16)14-21-28-22(29-34-21)15-5-7-17(25)8-6-15/h5-10,12,16H,2-4,11,13-14H2,1H3,(H,27,31). The van der Waals surface area contributed by atoms with Gasteiger partial charge in [-0.3, -0.25) is 9.69 Å². The fraction of sp³-hybridized carbons (Fsp3) is 0.333. The number of benzene rings is 2. The predicted octanol–water partition coefficient (Wildman–Crippen LogP) is 5.07. The molecule has 1 fully saturated rings. The van der Waals surface area contributed by atoms with Crippen LogP contribution in [0.2, 0.25) is 10.0 Å². The highest BCUT2D eigenvalue weighted by atomic mass is 35.5. The Morgan fingerprint density at radius 1 is 1.21 bits per heavy atom. The molecular weight excluding hydrogens is 479 g/mol. The van der Waals surface area contributed by atoms with Gasteiger partial charge in [0.25, 0.3) is 0 Å². The van der Waals surface area contributed by atoms with Crippen molar-refractivity contribution in [3.63, 3.8) is 0 Å². The van der Waals surface area contributed by atoms with Crippen molar-refractivity contribution in [2.24, 2.45) is 5.92 Å². The van der Waals surface area contributed by atoms with E-state index >= 15 is 0 Å². The van der Waals surface area contributed by atoms with Gasteiger partial charge in [-0.2, -0.15) is 4.98 Å². The zero-order valence-electron chi connectivity index (χ0n) is 18.6. The zero-order valence-corrected chi connectivity index (χ0v) is 20.1. The fourth-order valence-corrected chi connectivity index (χ4v) is 4.17. The van der Waals surface area contributed by atoms with E-state index in [-0.39, 0.29) is 29.0 Å². The maximum atomic E-state index is 12.9. The first-order valence-electron chi connectivity index (χ1n) is 11.0. The molecule has 3 aromatic rings. The lowest BCUT2D eigenvalue weighted by molar-refractivity contribution is -0.121. The van der Waals surface area contributed by atoms with Gasteiger partial charge in [0.15, 0.2) is 0 Å². The number of esters is 1. The van der Waals surface area contributed by atoms with Gasteiger partial charge in [0.05, 0.1) is 29.7 Å². The monoisotopic (exact) mass is 502 g/mol. The molecule has 10 heteroatoms. The molecule has 1 unspecified atom stereocenters. The SMILES string of the molecule is CCOC(=O)c1cc(NC(=O)C2CCCN(Cc3nc(-c4ccc(Cl)cc4)no3)C2)ccc1Cl. The van der Waals surface area contributed by atoms with Crippen LogP contribution in [-0.4, -0.2) is 46.6 Å². The number of ether oxygens (including phenoxy) is 1. The van der Waals surface area contributed by atoms with Crippen molar-refractivity contribution in [2.45, 2.75) is 26.3 Å². The highest BCUT2D eigenvalue weighted by Gasteiger charge is 2.27. The quantitative estimate of drug-likeness (QED) is 0.450. The summed E-state index contributed by atoms with van der Waals surface area (Å²) in [6.45, 7) is 3.81. The van der Waals surface area contributed by atoms with Gasteiger partial charge in [0.2, 0.25) is 17.6 Å². The van der Waals surface area contributed by atoms with Crippen LogP contribution in [0.5, 0.6) is 0 Å². The van der Waals surface area contributed by atoms with E-state index in [9.17, 15) is 9.59 Å².